The van der Waals surface area contributed by atoms with Gasteiger partial charge in [0.15, 0.2) is 0 Å². The highest BCUT2D eigenvalue weighted by molar-refractivity contribution is 6.83. The van der Waals surface area contributed by atoms with Gasteiger partial charge in [0.25, 0.3) is 0 Å². The average molecular weight is 293 g/mol. The highest BCUT2D eigenvalue weighted by atomic mass is 28.3. The number of hydrogen-bond donors (Lipinski definition) is 0. The van der Waals surface area contributed by atoms with Crippen molar-refractivity contribution in [1.82, 2.24) is 0 Å². The van der Waals surface area contributed by atoms with Crippen molar-refractivity contribution >= 4 is 16.1 Å². The van der Waals surface area contributed by atoms with Crippen LogP contribution in [0.2, 0.25) is 45.3 Å². The second-order valence-corrected chi connectivity index (χ2v) is 17.9. The number of allylic oxidation sites excluding steroid dienone is 1. The monoisotopic (exact) mass is 292 g/mol. The molecule has 1 nitrogen and oxygen atoms in total. The minimum absolute atomic E-state index is 0.697. The van der Waals surface area contributed by atoms with E-state index >= 15 is 0 Å². The van der Waals surface area contributed by atoms with Crippen molar-refractivity contribution in [2.24, 2.45) is 0 Å². The lowest BCUT2D eigenvalue weighted by Crippen LogP contribution is -2.27. The second kappa shape index (κ2) is 6.57. The zero-order chi connectivity index (χ0) is 14.5. The number of ether oxygens (including phenoxy) is 1. The molecule has 0 atom stereocenters. The van der Waals surface area contributed by atoms with E-state index in [9.17, 15) is 0 Å². The Bertz CT molecular complexity index is 411. The first-order valence-corrected chi connectivity index (χ1v) is 14.3. The fraction of sp³-hybridized carbons (Fsp3) is 0.500. The van der Waals surface area contributed by atoms with E-state index in [-0.39, 0.29) is 0 Å². The third kappa shape index (κ3) is 6.78. The molecule has 3 heteroatoms. The SMILES string of the molecule is C[Si](C)(C)C/C=C(/OCc1ccccc1)[Si](C)(C)C. The Morgan fingerprint density at radius 1 is 1.00 bits per heavy atom. The van der Waals surface area contributed by atoms with Crippen LogP contribution in [0.5, 0.6) is 0 Å². The minimum atomic E-state index is -1.38. The van der Waals surface area contributed by atoms with Crippen molar-refractivity contribution < 1.29 is 4.74 Å². The highest BCUT2D eigenvalue weighted by Crippen LogP contribution is 2.21. The van der Waals surface area contributed by atoms with Gasteiger partial charge < -0.3 is 4.74 Å². The van der Waals surface area contributed by atoms with Crippen molar-refractivity contribution in [3.05, 3.63) is 47.4 Å². The molecule has 0 aliphatic heterocycles. The normalized spacial score (nSPS) is 13.5. The van der Waals surface area contributed by atoms with Crippen molar-refractivity contribution in [3.8, 4) is 0 Å². The molecule has 0 aromatic heterocycles. The molecule has 106 valence electrons. The Balaban J connectivity index is 2.71. The molecule has 0 saturated carbocycles. The van der Waals surface area contributed by atoms with Gasteiger partial charge in [-0.3, -0.25) is 0 Å². The van der Waals surface area contributed by atoms with Crippen LogP contribution in [0.15, 0.2) is 41.8 Å². The van der Waals surface area contributed by atoms with Crippen LogP contribution in [0.25, 0.3) is 0 Å². The maximum Gasteiger partial charge on any atom is 0.122 e. The standard InChI is InChI=1S/C16H28OSi2/c1-18(2,3)13-12-16(19(4,5)6)17-14-15-10-8-7-9-11-15/h7-12H,13-14H2,1-6H3/b16-12-. The number of hydrogen-bond acceptors (Lipinski definition) is 1. The topological polar surface area (TPSA) is 9.23 Å². The summed E-state index contributed by atoms with van der Waals surface area (Å²) in [7, 11) is -2.42. The molecule has 1 rings (SSSR count). The van der Waals surface area contributed by atoms with Gasteiger partial charge in [0.2, 0.25) is 0 Å². The van der Waals surface area contributed by atoms with Crippen LogP contribution in [-0.4, -0.2) is 16.1 Å². The van der Waals surface area contributed by atoms with Crippen LogP contribution in [0.4, 0.5) is 0 Å². The molecule has 0 fully saturated rings. The van der Waals surface area contributed by atoms with Crippen LogP contribution in [0, 0.1) is 0 Å². The van der Waals surface area contributed by atoms with Gasteiger partial charge >= 0.3 is 0 Å². The molecule has 0 radical (unpaired) electrons. The zero-order valence-corrected chi connectivity index (χ0v) is 15.3. The molecular formula is C16H28OSi2. The Morgan fingerprint density at radius 2 is 1.58 bits per heavy atom. The lowest BCUT2D eigenvalue weighted by Gasteiger charge is -2.23. The summed E-state index contributed by atoms with van der Waals surface area (Å²) in [6.07, 6.45) is 2.38. The van der Waals surface area contributed by atoms with E-state index in [0.29, 0.717) is 6.61 Å². The molecule has 1 aromatic carbocycles. The first kappa shape index (κ1) is 16.2. The van der Waals surface area contributed by atoms with Gasteiger partial charge in [-0.2, -0.15) is 0 Å². The number of benzene rings is 1. The summed E-state index contributed by atoms with van der Waals surface area (Å²) in [4.78, 5) is 0. The molecule has 0 unspecified atom stereocenters. The van der Waals surface area contributed by atoms with E-state index in [1.54, 1.807) is 0 Å². The summed E-state index contributed by atoms with van der Waals surface area (Å²) in [5, 5.41) is 1.26. The second-order valence-electron chi connectivity index (χ2n) is 7.36. The lowest BCUT2D eigenvalue weighted by atomic mass is 10.2. The Hall–Kier alpha value is -0.806. The van der Waals surface area contributed by atoms with Gasteiger partial charge in [-0.15, -0.1) is 0 Å². The Morgan fingerprint density at radius 3 is 2.05 bits per heavy atom. The van der Waals surface area contributed by atoms with Crippen molar-refractivity contribution in [2.75, 3.05) is 0 Å². The molecule has 0 spiro atoms. The van der Waals surface area contributed by atoms with Crippen molar-refractivity contribution in [2.45, 2.75) is 51.9 Å². The van der Waals surface area contributed by atoms with Crippen LogP contribution in [0.1, 0.15) is 5.56 Å². The van der Waals surface area contributed by atoms with E-state index in [2.05, 4.69) is 69.6 Å². The molecule has 0 aliphatic rings. The lowest BCUT2D eigenvalue weighted by molar-refractivity contribution is 0.218. The van der Waals surface area contributed by atoms with E-state index in [1.807, 2.05) is 6.07 Å². The van der Waals surface area contributed by atoms with Gasteiger partial charge in [0.05, 0.1) is 5.38 Å². The van der Waals surface area contributed by atoms with E-state index in [4.69, 9.17) is 4.74 Å². The fourth-order valence-electron chi connectivity index (χ4n) is 1.72. The molecule has 0 N–H and O–H groups in total. The largest absolute Gasteiger partial charge is 0.499 e. The summed E-state index contributed by atoms with van der Waals surface area (Å²) in [6, 6.07) is 11.6. The van der Waals surface area contributed by atoms with E-state index in [0.717, 1.165) is 0 Å². The summed E-state index contributed by atoms with van der Waals surface area (Å²) in [5.74, 6) is 0. The molecule has 0 aliphatic carbocycles. The van der Waals surface area contributed by atoms with Gasteiger partial charge in [-0.1, -0.05) is 75.7 Å². The molecule has 19 heavy (non-hydrogen) atoms. The van der Waals surface area contributed by atoms with Gasteiger partial charge in [-0.05, 0) is 11.6 Å². The average Bonchev–Trinajstić information content (AvgIpc) is 2.27. The molecule has 0 heterocycles. The first-order valence-electron chi connectivity index (χ1n) is 7.06. The molecule has 0 bridgehead atoms. The zero-order valence-electron chi connectivity index (χ0n) is 13.3. The van der Waals surface area contributed by atoms with Gasteiger partial charge in [0, 0.05) is 8.07 Å². The fourth-order valence-corrected chi connectivity index (χ4v) is 3.94. The Kier molecular flexibility index (Phi) is 5.62. The predicted octanol–water partition coefficient (Wildman–Crippen LogP) is 5.30. The van der Waals surface area contributed by atoms with Crippen LogP contribution in [-0.2, 0) is 11.3 Å². The Labute approximate surface area is 120 Å². The third-order valence-corrected chi connectivity index (χ3v) is 6.13. The maximum absolute atomic E-state index is 6.13. The quantitative estimate of drug-likeness (QED) is 0.510. The predicted molar refractivity (Wildman–Crippen MR) is 90.8 cm³/mol. The van der Waals surface area contributed by atoms with Crippen LogP contribution < -0.4 is 0 Å². The van der Waals surface area contributed by atoms with E-state index in [1.165, 1.54) is 17.0 Å². The smallest absolute Gasteiger partial charge is 0.122 e. The van der Waals surface area contributed by atoms with Crippen molar-refractivity contribution in [1.29, 1.82) is 0 Å². The molecular weight excluding hydrogens is 264 g/mol. The van der Waals surface area contributed by atoms with Crippen LogP contribution >= 0.6 is 0 Å². The summed E-state index contributed by atoms with van der Waals surface area (Å²) in [5.41, 5.74) is 1.25. The highest BCUT2D eigenvalue weighted by Gasteiger charge is 2.23. The summed E-state index contributed by atoms with van der Waals surface area (Å²) >= 11 is 0. The molecule has 0 amide bonds. The van der Waals surface area contributed by atoms with Gasteiger partial charge in [-0.25, -0.2) is 0 Å². The van der Waals surface area contributed by atoms with Gasteiger partial charge in [0.1, 0.15) is 14.7 Å². The van der Waals surface area contributed by atoms with Crippen LogP contribution in [0.3, 0.4) is 0 Å². The van der Waals surface area contributed by atoms with E-state index < -0.39 is 16.1 Å². The minimum Gasteiger partial charge on any atom is -0.499 e. The summed E-state index contributed by atoms with van der Waals surface area (Å²) < 4.78 is 6.13. The molecule has 0 saturated heterocycles. The maximum atomic E-state index is 6.13. The molecule has 1 aromatic rings. The summed E-state index contributed by atoms with van der Waals surface area (Å²) in [6.45, 7) is 15.0. The third-order valence-electron chi connectivity index (χ3n) is 2.88. The first-order chi connectivity index (χ1) is 8.68. The van der Waals surface area contributed by atoms with Crippen molar-refractivity contribution in [3.63, 3.8) is 0 Å². The number of rotatable bonds is 6.